The van der Waals surface area contributed by atoms with Crippen LogP contribution in [-0.4, -0.2) is 51.2 Å². The molecular weight excluding hydrogens is 220 g/mol. The number of nitriles is 1. The van der Waals surface area contributed by atoms with Crippen LogP contribution in [0.2, 0.25) is 0 Å². The van der Waals surface area contributed by atoms with Crippen molar-refractivity contribution in [2.75, 3.05) is 33.8 Å². The van der Waals surface area contributed by atoms with Crippen molar-refractivity contribution in [3.05, 3.63) is 0 Å². The first-order valence-electron chi connectivity index (χ1n) is 4.46. The molecule has 0 saturated carbocycles. The second-order valence-electron chi connectivity index (χ2n) is 3.14. The van der Waals surface area contributed by atoms with E-state index < -0.39 is 10.4 Å². The summed E-state index contributed by atoms with van der Waals surface area (Å²) >= 11 is 0. The molecule has 15 heavy (non-hydrogen) atoms. The molecule has 6 nitrogen and oxygen atoms in total. The van der Waals surface area contributed by atoms with Gasteiger partial charge in [-0.3, -0.25) is 4.18 Å². The maximum Gasteiger partial charge on any atom is 0.217 e. The molecule has 0 bridgehead atoms. The fourth-order valence-corrected chi connectivity index (χ4v) is 0.618. The molecule has 0 aliphatic rings. The molecule has 0 heterocycles. The fraction of sp³-hybridized carbons (Fsp3) is 0.875. The highest BCUT2D eigenvalue weighted by atomic mass is 32.3. The van der Waals surface area contributed by atoms with Gasteiger partial charge in [-0.25, -0.2) is 8.42 Å². The second kappa shape index (κ2) is 7.59. The number of hydrogen-bond donors (Lipinski definition) is 0. The monoisotopic (exact) mass is 238 g/mol. The molecule has 0 fully saturated rings. The Bertz CT molecular complexity index is 290. The molecule has 0 saturated heterocycles. The van der Waals surface area contributed by atoms with Crippen molar-refractivity contribution in [1.82, 2.24) is 0 Å². The Hall–Kier alpha value is -0.680. The van der Waals surface area contributed by atoms with E-state index >= 15 is 0 Å². The topological polar surface area (TPSA) is 90.2 Å². The van der Waals surface area contributed by atoms with Gasteiger partial charge in [0.05, 0.1) is 27.2 Å². The Kier molecular flexibility index (Phi) is 8.47. The van der Waals surface area contributed by atoms with E-state index in [9.17, 15) is 13.0 Å². The highest BCUT2D eigenvalue weighted by molar-refractivity contribution is 7.80. The minimum atomic E-state index is -4.41. The molecule has 0 N–H and O–H groups in total. The zero-order valence-electron chi connectivity index (χ0n) is 9.56. The van der Waals surface area contributed by atoms with Gasteiger partial charge in [0.15, 0.2) is 6.54 Å². The average Bonchev–Trinajstić information content (AvgIpc) is 2.18. The lowest BCUT2D eigenvalue weighted by atomic mass is 10.4. The molecule has 90 valence electrons. The molecule has 0 unspecified atom stereocenters. The summed E-state index contributed by atoms with van der Waals surface area (Å²) in [6, 6.07) is 2.18. The van der Waals surface area contributed by atoms with Gasteiger partial charge in [0.1, 0.15) is 6.07 Å². The molecule has 7 heteroatoms. The van der Waals surface area contributed by atoms with E-state index in [1.165, 1.54) is 0 Å². The lowest BCUT2D eigenvalue weighted by Gasteiger charge is -2.28. The van der Waals surface area contributed by atoms with Crippen LogP contribution in [0.4, 0.5) is 0 Å². The van der Waals surface area contributed by atoms with Crippen LogP contribution in [0.3, 0.4) is 0 Å². The predicted molar refractivity (Wildman–Crippen MR) is 54.5 cm³/mol. The van der Waals surface area contributed by atoms with Crippen LogP contribution >= 0.6 is 0 Å². The van der Waals surface area contributed by atoms with Gasteiger partial charge in [-0.1, -0.05) is 0 Å². The maximum absolute atomic E-state index is 9.22. The summed E-state index contributed by atoms with van der Waals surface area (Å²) < 4.78 is 31.9. The normalized spacial score (nSPS) is 11.2. The van der Waals surface area contributed by atoms with Crippen LogP contribution in [0.15, 0.2) is 0 Å². The van der Waals surface area contributed by atoms with E-state index in [-0.39, 0.29) is 0 Å². The number of hydrogen-bond acceptors (Lipinski definition) is 5. The van der Waals surface area contributed by atoms with Crippen molar-refractivity contribution in [2.45, 2.75) is 13.8 Å². The first-order chi connectivity index (χ1) is 6.74. The minimum Gasteiger partial charge on any atom is -0.726 e. The quantitative estimate of drug-likeness (QED) is 0.299. The van der Waals surface area contributed by atoms with Crippen molar-refractivity contribution < 1.29 is 21.6 Å². The SMILES string of the molecule is CC[N+](C)(CC)CC#N.COS(=O)(=O)[O-]. The first kappa shape index (κ1) is 16.7. The summed E-state index contributed by atoms with van der Waals surface area (Å²) in [7, 11) is -1.50. The van der Waals surface area contributed by atoms with Crippen molar-refractivity contribution in [2.24, 2.45) is 0 Å². The summed E-state index contributed by atoms with van der Waals surface area (Å²) in [5, 5.41) is 8.40. The van der Waals surface area contributed by atoms with Gasteiger partial charge >= 0.3 is 0 Å². The Morgan fingerprint density at radius 2 is 1.73 bits per heavy atom. The van der Waals surface area contributed by atoms with Crippen LogP contribution in [0.1, 0.15) is 13.8 Å². The Balaban J connectivity index is 0. The minimum absolute atomic E-state index is 0.632. The van der Waals surface area contributed by atoms with Crippen LogP contribution in [-0.2, 0) is 14.6 Å². The van der Waals surface area contributed by atoms with Crippen molar-refractivity contribution in [3.8, 4) is 6.07 Å². The Morgan fingerprint density at radius 3 is 1.80 bits per heavy atom. The van der Waals surface area contributed by atoms with Crippen LogP contribution in [0, 0.1) is 11.3 Å². The van der Waals surface area contributed by atoms with E-state index in [0.29, 0.717) is 6.54 Å². The van der Waals surface area contributed by atoms with Crippen molar-refractivity contribution in [1.29, 1.82) is 5.26 Å². The van der Waals surface area contributed by atoms with E-state index in [1.807, 2.05) is 0 Å². The second-order valence-corrected chi connectivity index (χ2v) is 4.29. The molecule has 0 spiro atoms. The first-order valence-corrected chi connectivity index (χ1v) is 5.80. The van der Waals surface area contributed by atoms with Gasteiger partial charge in [-0.05, 0) is 13.8 Å². The average molecular weight is 238 g/mol. The molecule has 0 amide bonds. The molecule has 0 aromatic carbocycles. The van der Waals surface area contributed by atoms with Crippen molar-refractivity contribution in [3.63, 3.8) is 0 Å². The summed E-state index contributed by atoms with van der Waals surface area (Å²) in [6.07, 6.45) is 0. The summed E-state index contributed by atoms with van der Waals surface area (Å²) in [6.45, 7) is 6.95. The van der Waals surface area contributed by atoms with Gasteiger partial charge in [0, 0.05) is 0 Å². The van der Waals surface area contributed by atoms with Gasteiger partial charge in [-0.15, -0.1) is 0 Å². The van der Waals surface area contributed by atoms with Gasteiger partial charge in [-0.2, -0.15) is 5.26 Å². The van der Waals surface area contributed by atoms with E-state index in [4.69, 9.17) is 5.26 Å². The van der Waals surface area contributed by atoms with Crippen LogP contribution < -0.4 is 0 Å². The van der Waals surface area contributed by atoms with Gasteiger partial charge in [0.2, 0.25) is 10.4 Å². The molecule has 0 aromatic heterocycles. The zero-order chi connectivity index (χ0) is 12.5. The van der Waals surface area contributed by atoms with E-state index in [0.717, 1.165) is 24.7 Å². The van der Waals surface area contributed by atoms with E-state index in [1.54, 1.807) is 0 Å². The molecule has 0 radical (unpaired) electrons. The maximum atomic E-state index is 9.22. The zero-order valence-corrected chi connectivity index (χ0v) is 10.4. The standard InChI is InChI=1S/C7H15N2.CH4O4S/c1-4-9(3,5-2)7-6-8;1-5-6(2,3)4/h4-5,7H2,1-3H3;1H3,(H,2,3,4)/q+1;/p-1. The van der Waals surface area contributed by atoms with Crippen LogP contribution in [0.5, 0.6) is 0 Å². The molecule has 0 rings (SSSR count). The summed E-state index contributed by atoms with van der Waals surface area (Å²) in [5.74, 6) is 0. The molecule has 0 aliphatic heterocycles. The third-order valence-electron chi connectivity index (χ3n) is 2.18. The largest absolute Gasteiger partial charge is 0.726 e. The van der Waals surface area contributed by atoms with Gasteiger partial charge < -0.3 is 9.04 Å². The Labute approximate surface area is 91.6 Å². The summed E-state index contributed by atoms with van der Waals surface area (Å²) in [5.41, 5.74) is 0. The van der Waals surface area contributed by atoms with Crippen LogP contribution in [0.25, 0.3) is 0 Å². The molecular formula is C8H18N2O4S. The number of quaternary nitrogens is 1. The highest BCUT2D eigenvalue weighted by Crippen LogP contribution is 1.97. The lowest BCUT2D eigenvalue weighted by molar-refractivity contribution is -0.899. The Morgan fingerprint density at radius 1 is 1.40 bits per heavy atom. The molecule has 0 aromatic rings. The third-order valence-corrected chi connectivity index (χ3v) is 2.59. The van der Waals surface area contributed by atoms with E-state index in [2.05, 4.69) is 31.1 Å². The number of rotatable bonds is 4. The van der Waals surface area contributed by atoms with Gasteiger partial charge in [0.25, 0.3) is 0 Å². The summed E-state index contributed by atoms with van der Waals surface area (Å²) in [4.78, 5) is 0. The third kappa shape index (κ3) is 11.2. The lowest BCUT2D eigenvalue weighted by Crippen LogP contribution is -2.43. The number of nitrogens with zero attached hydrogens (tertiary/aromatic N) is 2. The molecule has 0 aliphatic carbocycles. The smallest absolute Gasteiger partial charge is 0.217 e. The van der Waals surface area contributed by atoms with Crippen molar-refractivity contribution >= 4 is 10.4 Å². The highest BCUT2D eigenvalue weighted by Gasteiger charge is 2.13. The fourth-order valence-electron chi connectivity index (χ4n) is 0.618. The predicted octanol–water partition coefficient (Wildman–Crippen LogP) is 0.0894. The molecule has 0 atom stereocenters.